The van der Waals surface area contributed by atoms with Crippen molar-refractivity contribution in [1.82, 2.24) is 14.5 Å². The van der Waals surface area contributed by atoms with E-state index < -0.39 is 10.0 Å². The van der Waals surface area contributed by atoms with E-state index in [1.54, 1.807) is 11.4 Å². The van der Waals surface area contributed by atoms with Gasteiger partial charge in [0.1, 0.15) is 0 Å². The lowest BCUT2D eigenvalue weighted by Crippen LogP contribution is -2.45. The first-order valence-corrected chi connectivity index (χ1v) is 9.44. The van der Waals surface area contributed by atoms with E-state index in [0.29, 0.717) is 12.5 Å². The summed E-state index contributed by atoms with van der Waals surface area (Å²) in [5.74, 6) is 0.779. The lowest BCUT2D eigenvalue weighted by molar-refractivity contribution is 0.202. The quantitative estimate of drug-likeness (QED) is 0.814. The topological polar surface area (TPSA) is 52.7 Å². The van der Waals surface area contributed by atoms with Gasteiger partial charge in [-0.1, -0.05) is 6.42 Å². The molecule has 0 aromatic carbocycles. The molecule has 2 fully saturated rings. The van der Waals surface area contributed by atoms with Gasteiger partial charge in [-0.05, 0) is 58.3 Å². The summed E-state index contributed by atoms with van der Waals surface area (Å²) in [5, 5.41) is 3.33. The van der Waals surface area contributed by atoms with E-state index >= 15 is 0 Å². The molecular formula is C14H29N3O2S. The van der Waals surface area contributed by atoms with Crippen LogP contribution in [-0.4, -0.2) is 69.7 Å². The van der Waals surface area contributed by atoms with E-state index in [1.807, 2.05) is 0 Å². The fourth-order valence-corrected chi connectivity index (χ4v) is 4.65. The molecule has 1 atom stereocenters. The van der Waals surface area contributed by atoms with Gasteiger partial charge in [0, 0.05) is 19.6 Å². The second-order valence-corrected chi connectivity index (χ2v) is 8.57. The van der Waals surface area contributed by atoms with Gasteiger partial charge in [0.05, 0.1) is 5.75 Å². The van der Waals surface area contributed by atoms with Gasteiger partial charge < -0.3 is 10.2 Å². The Morgan fingerprint density at radius 1 is 1.20 bits per heavy atom. The van der Waals surface area contributed by atoms with Crippen LogP contribution in [0, 0.1) is 5.92 Å². The zero-order chi connectivity index (χ0) is 14.6. The molecule has 2 aliphatic heterocycles. The van der Waals surface area contributed by atoms with Crippen LogP contribution in [0.5, 0.6) is 0 Å². The average Bonchev–Trinajstić information content (AvgIpc) is 2.42. The molecule has 1 N–H and O–H groups in total. The summed E-state index contributed by atoms with van der Waals surface area (Å²) in [7, 11) is 0.761. The summed E-state index contributed by atoms with van der Waals surface area (Å²) in [6, 6.07) is 0.147. The molecule has 0 bridgehead atoms. The van der Waals surface area contributed by atoms with Gasteiger partial charge in [-0.25, -0.2) is 12.7 Å². The molecule has 0 amide bonds. The normalized spacial score (nSPS) is 27.1. The minimum absolute atomic E-state index is 0.147. The van der Waals surface area contributed by atoms with Crippen molar-refractivity contribution < 1.29 is 8.42 Å². The molecule has 2 saturated heterocycles. The number of rotatable bonds is 5. The highest BCUT2D eigenvalue weighted by Gasteiger charge is 2.27. The minimum Gasteiger partial charge on any atom is -0.313 e. The molecule has 20 heavy (non-hydrogen) atoms. The van der Waals surface area contributed by atoms with Gasteiger partial charge >= 0.3 is 0 Å². The predicted molar refractivity (Wildman–Crippen MR) is 82.3 cm³/mol. The Morgan fingerprint density at radius 3 is 2.50 bits per heavy atom. The van der Waals surface area contributed by atoms with Crippen molar-refractivity contribution in [1.29, 1.82) is 0 Å². The van der Waals surface area contributed by atoms with Gasteiger partial charge in [0.25, 0.3) is 0 Å². The first-order valence-electron chi connectivity index (χ1n) is 7.83. The van der Waals surface area contributed by atoms with Crippen molar-refractivity contribution in [3.8, 4) is 0 Å². The van der Waals surface area contributed by atoms with Crippen LogP contribution in [0.1, 0.15) is 32.1 Å². The summed E-state index contributed by atoms with van der Waals surface area (Å²) >= 11 is 0. The summed E-state index contributed by atoms with van der Waals surface area (Å²) in [6.45, 7) is 3.81. The number of nitrogens with zero attached hydrogens (tertiary/aromatic N) is 2. The first-order chi connectivity index (χ1) is 9.47. The van der Waals surface area contributed by atoms with Crippen LogP contribution in [-0.2, 0) is 10.0 Å². The molecule has 0 aromatic heterocycles. The molecule has 0 saturated carbocycles. The van der Waals surface area contributed by atoms with Crippen LogP contribution in [0.3, 0.4) is 0 Å². The molecule has 6 heteroatoms. The maximum absolute atomic E-state index is 12.4. The standard InChI is InChI=1S/C14H29N3O2S/c1-16-9-6-13(7-10-16)11-17(2)20(18,19)12-14-5-3-4-8-15-14/h13-15H,3-12H2,1-2H3. The van der Waals surface area contributed by atoms with E-state index in [-0.39, 0.29) is 11.8 Å². The average molecular weight is 303 g/mol. The molecule has 2 heterocycles. The van der Waals surface area contributed by atoms with Crippen molar-refractivity contribution in [2.75, 3.05) is 46.0 Å². The number of nitrogens with one attached hydrogen (secondary N) is 1. The third-order valence-electron chi connectivity index (χ3n) is 4.65. The Bertz CT molecular complexity index is 385. The molecule has 5 nitrogen and oxygen atoms in total. The molecular weight excluding hydrogens is 274 g/mol. The van der Waals surface area contributed by atoms with Crippen LogP contribution in [0.25, 0.3) is 0 Å². The van der Waals surface area contributed by atoms with Gasteiger partial charge in [0.2, 0.25) is 10.0 Å². The van der Waals surface area contributed by atoms with Gasteiger partial charge in [-0.15, -0.1) is 0 Å². The number of sulfonamides is 1. The highest BCUT2D eigenvalue weighted by atomic mass is 32.2. The van der Waals surface area contributed by atoms with E-state index in [9.17, 15) is 8.42 Å². The van der Waals surface area contributed by atoms with Crippen LogP contribution < -0.4 is 5.32 Å². The predicted octanol–water partition coefficient (Wildman–Crippen LogP) is 0.732. The first kappa shape index (κ1) is 16.2. The molecule has 1 unspecified atom stereocenters. The van der Waals surface area contributed by atoms with Crippen molar-refractivity contribution >= 4 is 10.0 Å². The zero-order valence-corrected chi connectivity index (χ0v) is 13.7. The smallest absolute Gasteiger partial charge is 0.215 e. The number of hydrogen-bond acceptors (Lipinski definition) is 4. The minimum atomic E-state index is -3.12. The van der Waals surface area contributed by atoms with Gasteiger partial charge in [-0.2, -0.15) is 0 Å². The van der Waals surface area contributed by atoms with E-state index in [1.165, 1.54) is 6.42 Å². The Labute approximate surface area is 123 Å². The third kappa shape index (κ3) is 4.69. The maximum atomic E-state index is 12.4. The van der Waals surface area contributed by atoms with Crippen molar-refractivity contribution in [2.24, 2.45) is 5.92 Å². The molecule has 0 spiro atoms. The Kier molecular flexibility index (Phi) is 5.84. The van der Waals surface area contributed by atoms with Crippen molar-refractivity contribution in [2.45, 2.75) is 38.1 Å². The Morgan fingerprint density at radius 2 is 1.90 bits per heavy atom. The second-order valence-electron chi connectivity index (χ2n) is 6.45. The number of piperidine rings is 2. The highest BCUT2D eigenvalue weighted by Crippen LogP contribution is 2.19. The molecule has 118 valence electrons. The zero-order valence-electron chi connectivity index (χ0n) is 12.8. The van der Waals surface area contributed by atoms with E-state index in [0.717, 1.165) is 45.3 Å². The lowest BCUT2D eigenvalue weighted by Gasteiger charge is -2.32. The molecule has 0 radical (unpaired) electrons. The third-order valence-corrected chi connectivity index (χ3v) is 6.57. The summed E-state index contributed by atoms with van der Waals surface area (Å²) in [6.07, 6.45) is 5.52. The Hall–Kier alpha value is -0.170. The summed E-state index contributed by atoms with van der Waals surface area (Å²) in [5.41, 5.74) is 0. The van der Waals surface area contributed by atoms with Crippen LogP contribution in [0.15, 0.2) is 0 Å². The van der Waals surface area contributed by atoms with Gasteiger partial charge in [-0.3, -0.25) is 0 Å². The van der Waals surface area contributed by atoms with Crippen LogP contribution in [0.4, 0.5) is 0 Å². The van der Waals surface area contributed by atoms with E-state index in [2.05, 4.69) is 17.3 Å². The van der Waals surface area contributed by atoms with E-state index in [4.69, 9.17) is 0 Å². The molecule has 2 aliphatic rings. The molecule has 0 aliphatic carbocycles. The second kappa shape index (κ2) is 7.20. The Balaban J connectivity index is 1.81. The number of hydrogen-bond donors (Lipinski definition) is 1. The van der Waals surface area contributed by atoms with Crippen LogP contribution >= 0.6 is 0 Å². The molecule has 2 rings (SSSR count). The summed E-state index contributed by atoms with van der Waals surface area (Å²) in [4.78, 5) is 2.32. The van der Waals surface area contributed by atoms with Crippen molar-refractivity contribution in [3.63, 3.8) is 0 Å². The monoisotopic (exact) mass is 303 g/mol. The lowest BCUT2D eigenvalue weighted by atomic mass is 9.97. The van der Waals surface area contributed by atoms with Crippen LogP contribution in [0.2, 0.25) is 0 Å². The number of likely N-dealkylation sites (tertiary alicyclic amines) is 1. The molecule has 0 aromatic rings. The maximum Gasteiger partial charge on any atom is 0.215 e. The van der Waals surface area contributed by atoms with Gasteiger partial charge in [0.15, 0.2) is 0 Å². The summed E-state index contributed by atoms with van der Waals surface area (Å²) < 4.78 is 26.4. The largest absolute Gasteiger partial charge is 0.313 e. The van der Waals surface area contributed by atoms with Crippen molar-refractivity contribution in [3.05, 3.63) is 0 Å². The highest BCUT2D eigenvalue weighted by molar-refractivity contribution is 7.89. The SMILES string of the molecule is CN1CCC(CN(C)S(=O)(=O)CC2CCCCN2)CC1. The fourth-order valence-electron chi connectivity index (χ4n) is 3.17. The fraction of sp³-hybridized carbons (Fsp3) is 1.00.